The molecule has 0 bridgehead atoms. The lowest BCUT2D eigenvalue weighted by molar-refractivity contribution is 0.207. The lowest BCUT2D eigenvalue weighted by Crippen LogP contribution is -2.16. The smallest absolute Gasteiger partial charge is 0.206 e. The number of rotatable bonds is 7. The van der Waals surface area contributed by atoms with Crippen LogP contribution in [0.15, 0.2) is 57.9 Å². The largest absolute Gasteiger partial charge is 0.497 e. The van der Waals surface area contributed by atoms with Gasteiger partial charge in [-0.2, -0.15) is 5.10 Å². The van der Waals surface area contributed by atoms with E-state index in [2.05, 4.69) is 29.6 Å². The van der Waals surface area contributed by atoms with Crippen molar-refractivity contribution in [1.82, 2.24) is 4.68 Å². The molecule has 156 valence electrons. The van der Waals surface area contributed by atoms with Crippen molar-refractivity contribution in [1.29, 1.82) is 0 Å². The van der Waals surface area contributed by atoms with Gasteiger partial charge in [0.1, 0.15) is 11.5 Å². The summed E-state index contributed by atoms with van der Waals surface area (Å²) in [4.78, 5) is 5.54. The van der Waals surface area contributed by atoms with Crippen LogP contribution in [0.2, 0.25) is 0 Å². The van der Waals surface area contributed by atoms with Crippen LogP contribution in [0.1, 0.15) is 17.5 Å². The molecule has 1 aliphatic rings. The summed E-state index contributed by atoms with van der Waals surface area (Å²) in [6, 6.07) is 14.2. The normalized spacial score (nSPS) is 14.9. The summed E-state index contributed by atoms with van der Waals surface area (Å²) in [6.45, 7) is 1.14. The Morgan fingerprint density at radius 1 is 1.00 bits per heavy atom. The molecule has 3 aromatic rings. The maximum atomic E-state index is 5.62. The number of ether oxygens (including phenoxy) is 3. The number of aromatic nitrogens is 1. The van der Waals surface area contributed by atoms with Gasteiger partial charge in [-0.3, -0.25) is 4.99 Å². The van der Waals surface area contributed by atoms with E-state index in [1.54, 1.807) is 32.7 Å². The molecule has 0 saturated heterocycles. The maximum Gasteiger partial charge on any atom is 0.206 e. The van der Waals surface area contributed by atoms with Crippen molar-refractivity contribution in [2.75, 3.05) is 34.5 Å². The van der Waals surface area contributed by atoms with Gasteiger partial charge >= 0.3 is 0 Å². The molecule has 1 aliphatic carbocycles. The van der Waals surface area contributed by atoms with E-state index in [0.29, 0.717) is 13.2 Å². The fourth-order valence-electron chi connectivity index (χ4n) is 3.57. The van der Waals surface area contributed by atoms with Crippen molar-refractivity contribution in [3.63, 3.8) is 0 Å². The standard InChI is InChI=1S/C23H25N3O3S/c1-27-13-12-24-23-26(25-20-10-8-16-6-4-5-7-18(16)20)21(15-30-23)19-14-17(28-2)9-11-22(19)29-3/h4-7,9,11,14-15H,8,10,12-13H2,1-3H3/b24-23?,25-20+. The molecule has 0 aliphatic heterocycles. The first kappa shape index (κ1) is 20.4. The molecule has 4 rings (SSSR count). The number of thiazole rings is 1. The minimum absolute atomic E-state index is 0.565. The summed E-state index contributed by atoms with van der Waals surface area (Å²) >= 11 is 1.56. The number of methoxy groups -OCH3 is 3. The van der Waals surface area contributed by atoms with Crippen LogP contribution in [-0.4, -0.2) is 44.9 Å². The molecule has 0 atom stereocenters. The molecule has 0 fully saturated rings. The highest BCUT2D eigenvalue weighted by Gasteiger charge is 2.19. The van der Waals surface area contributed by atoms with Crippen molar-refractivity contribution in [3.05, 3.63) is 63.8 Å². The number of hydrogen-bond donors (Lipinski definition) is 0. The van der Waals surface area contributed by atoms with Crippen LogP contribution >= 0.6 is 11.3 Å². The van der Waals surface area contributed by atoms with Crippen LogP contribution < -0.4 is 14.3 Å². The average Bonchev–Trinajstić information content (AvgIpc) is 3.38. The zero-order valence-electron chi connectivity index (χ0n) is 17.4. The van der Waals surface area contributed by atoms with Crippen LogP contribution in [0, 0.1) is 0 Å². The Hall–Kier alpha value is -2.90. The third-order valence-corrected chi connectivity index (χ3v) is 5.94. The van der Waals surface area contributed by atoms with Crippen LogP contribution in [0.5, 0.6) is 11.5 Å². The van der Waals surface area contributed by atoms with Gasteiger partial charge in [-0.25, -0.2) is 4.68 Å². The van der Waals surface area contributed by atoms with Gasteiger partial charge in [0.2, 0.25) is 4.80 Å². The lowest BCUT2D eigenvalue weighted by Gasteiger charge is -2.11. The van der Waals surface area contributed by atoms with Crippen molar-refractivity contribution in [2.45, 2.75) is 12.8 Å². The van der Waals surface area contributed by atoms with Gasteiger partial charge < -0.3 is 14.2 Å². The molecule has 0 spiro atoms. The van der Waals surface area contributed by atoms with Gasteiger partial charge in [-0.1, -0.05) is 24.3 Å². The Kier molecular flexibility index (Phi) is 6.30. The van der Waals surface area contributed by atoms with E-state index in [-0.39, 0.29) is 0 Å². The first-order chi connectivity index (χ1) is 14.7. The number of nitrogens with zero attached hydrogens (tertiary/aromatic N) is 3. The fraction of sp³-hybridized carbons (Fsp3) is 0.304. The second kappa shape index (κ2) is 9.28. The zero-order valence-corrected chi connectivity index (χ0v) is 18.2. The highest BCUT2D eigenvalue weighted by atomic mass is 32.1. The summed E-state index contributed by atoms with van der Waals surface area (Å²) in [5.74, 6) is 1.53. The SMILES string of the molecule is COCCN=c1scc(-c2cc(OC)ccc2OC)n1/N=C1\CCc2ccccc21. The molecule has 0 unspecified atom stereocenters. The average molecular weight is 424 g/mol. The van der Waals surface area contributed by atoms with Crippen molar-refractivity contribution in [3.8, 4) is 22.8 Å². The van der Waals surface area contributed by atoms with E-state index >= 15 is 0 Å². The second-order valence-corrected chi connectivity index (χ2v) is 7.70. The summed E-state index contributed by atoms with van der Waals surface area (Å²) in [6.07, 6.45) is 1.92. The molecular weight excluding hydrogens is 398 g/mol. The molecule has 0 saturated carbocycles. The van der Waals surface area contributed by atoms with E-state index in [4.69, 9.17) is 24.3 Å². The number of aryl methyl sites for hydroxylation is 1. The Morgan fingerprint density at radius 3 is 2.67 bits per heavy atom. The Labute approximate surface area is 180 Å². The Bertz CT molecular complexity index is 1130. The van der Waals surface area contributed by atoms with Gasteiger partial charge in [-0.15, -0.1) is 11.3 Å². The second-order valence-electron chi connectivity index (χ2n) is 6.86. The first-order valence-electron chi connectivity index (χ1n) is 9.83. The summed E-state index contributed by atoms with van der Waals surface area (Å²) in [7, 11) is 5.01. The van der Waals surface area contributed by atoms with E-state index in [0.717, 1.165) is 46.1 Å². The van der Waals surface area contributed by atoms with Gasteiger partial charge in [0.05, 0.1) is 38.8 Å². The van der Waals surface area contributed by atoms with Crippen molar-refractivity contribution >= 4 is 17.0 Å². The van der Waals surface area contributed by atoms with Crippen LogP contribution in [-0.2, 0) is 11.2 Å². The van der Waals surface area contributed by atoms with Crippen molar-refractivity contribution in [2.24, 2.45) is 10.1 Å². The monoisotopic (exact) mass is 423 g/mol. The van der Waals surface area contributed by atoms with E-state index in [1.165, 1.54) is 11.1 Å². The fourth-order valence-corrected chi connectivity index (χ4v) is 4.42. The molecule has 6 nitrogen and oxygen atoms in total. The molecule has 30 heavy (non-hydrogen) atoms. The van der Waals surface area contributed by atoms with Crippen LogP contribution in [0.3, 0.4) is 0 Å². The van der Waals surface area contributed by atoms with E-state index < -0.39 is 0 Å². The highest BCUT2D eigenvalue weighted by molar-refractivity contribution is 7.07. The molecule has 1 aromatic heterocycles. The Morgan fingerprint density at radius 2 is 1.87 bits per heavy atom. The first-order valence-corrected chi connectivity index (χ1v) is 10.7. The number of benzene rings is 2. The number of fused-ring (bicyclic) bond motifs is 1. The summed E-state index contributed by atoms with van der Waals surface area (Å²) in [5.41, 5.74) is 5.45. The van der Waals surface area contributed by atoms with Gasteiger partial charge in [0.15, 0.2) is 0 Å². The third-order valence-electron chi connectivity index (χ3n) is 5.09. The molecule has 0 N–H and O–H groups in total. The minimum atomic E-state index is 0.565. The molecule has 0 amide bonds. The van der Waals surface area contributed by atoms with E-state index in [1.807, 2.05) is 22.9 Å². The number of hydrogen-bond acceptors (Lipinski definition) is 6. The Balaban J connectivity index is 1.88. The van der Waals surface area contributed by atoms with Gasteiger partial charge in [-0.05, 0) is 36.6 Å². The van der Waals surface area contributed by atoms with Crippen LogP contribution in [0.25, 0.3) is 11.3 Å². The van der Waals surface area contributed by atoms with Crippen molar-refractivity contribution < 1.29 is 14.2 Å². The minimum Gasteiger partial charge on any atom is -0.497 e. The molecule has 1 heterocycles. The summed E-state index contributed by atoms with van der Waals surface area (Å²) in [5, 5.41) is 7.12. The van der Waals surface area contributed by atoms with E-state index in [9.17, 15) is 0 Å². The molecule has 2 aromatic carbocycles. The topological polar surface area (TPSA) is 57.3 Å². The highest BCUT2D eigenvalue weighted by Crippen LogP contribution is 2.34. The molecule has 0 radical (unpaired) electrons. The third kappa shape index (κ3) is 4.04. The predicted molar refractivity (Wildman–Crippen MR) is 120 cm³/mol. The van der Waals surface area contributed by atoms with Gasteiger partial charge in [0.25, 0.3) is 0 Å². The lowest BCUT2D eigenvalue weighted by atomic mass is 10.1. The predicted octanol–water partition coefficient (Wildman–Crippen LogP) is 3.98. The zero-order chi connectivity index (χ0) is 20.9. The molecular formula is C23H25N3O3S. The van der Waals surface area contributed by atoms with Crippen LogP contribution in [0.4, 0.5) is 0 Å². The summed E-state index contributed by atoms with van der Waals surface area (Å²) < 4.78 is 18.2. The van der Waals surface area contributed by atoms with Gasteiger partial charge in [0, 0.05) is 23.6 Å². The maximum absolute atomic E-state index is 5.62. The molecule has 7 heteroatoms. The quantitative estimate of drug-likeness (QED) is 0.540.